The van der Waals surface area contributed by atoms with Crippen LogP contribution in [0.4, 0.5) is 0 Å². The second-order valence-corrected chi connectivity index (χ2v) is 4.54. The number of fused-ring (bicyclic) bond motifs is 1. The van der Waals surface area contributed by atoms with Crippen LogP contribution in [0.3, 0.4) is 0 Å². The predicted octanol–water partition coefficient (Wildman–Crippen LogP) is 1.09. The zero-order valence-electron chi connectivity index (χ0n) is 9.27. The fraction of sp³-hybridized carbons (Fsp3) is 0.417. The van der Waals surface area contributed by atoms with Gasteiger partial charge in [-0.15, -0.1) is 0 Å². The third-order valence-corrected chi connectivity index (χ3v) is 2.92. The first-order valence-corrected chi connectivity index (χ1v) is 5.12. The number of benzene rings is 1. The zero-order chi connectivity index (χ0) is 11.9. The molecule has 4 heteroatoms. The molecule has 84 valence electrons. The Morgan fingerprint density at radius 3 is 2.81 bits per heavy atom. The van der Waals surface area contributed by atoms with E-state index in [0.29, 0.717) is 16.9 Å². The van der Waals surface area contributed by atoms with Gasteiger partial charge in [-0.3, -0.25) is 0 Å². The summed E-state index contributed by atoms with van der Waals surface area (Å²) in [4.78, 5) is 0. The minimum absolute atomic E-state index is 0.518. The summed E-state index contributed by atoms with van der Waals surface area (Å²) in [5.41, 5.74) is 6.45. The lowest BCUT2D eigenvalue weighted by molar-refractivity contribution is -0.0571. The van der Waals surface area contributed by atoms with Crippen molar-refractivity contribution in [3.8, 4) is 11.8 Å². The van der Waals surface area contributed by atoms with Crippen LogP contribution >= 0.6 is 0 Å². The zero-order valence-corrected chi connectivity index (χ0v) is 9.27. The molecule has 0 radical (unpaired) electrons. The number of ether oxygens (including phenoxy) is 1. The summed E-state index contributed by atoms with van der Waals surface area (Å²) in [6.45, 7) is 3.58. The highest BCUT2D eigenvalue weighted by molar-refractivity contribution is 5.46. The highest BCUT2D eigenvalue weighted by Crippen LogP contribution is 2.38. The molecule has 0 saturated carbocycles. The molecular weight excluding hydrogens is 204 g/mol. The number of nitriles is 1. The SMILES string of the molecule is CC1(C)Oc2ccc(C#N)cc2[C@H](N)[C@H]1O. The topological polar surface area (TPSA) is 79.3 Å². The molecular formula is C12H14N2O2. The Hall–Kier alpha value is -1.57. The number of hydrogen-bond acceptors (Lipinski definition) is 4. The first-order chi connectivity index (χ1) is 7.45. The van der Waals surface area contributed by atoms with E-state index in [1.54, 1.807) is 32.0 Å². The second kappa shape index (κ2) is 3.48. The van der Waals surface area contributed by atoms with Crippen LogP contribution < -0.4 is 10.5 Å². The number of nitrogens with zero attached hydrogens (tertiary/aromatic N) is 1. The van der Waals surface area contributed by atoms with Gasteiger partial charge in [0.2, 0.25) is 0 Å². The largest absolute Gasteiger partial charge is 0.485 e. The van der Waals surface area contributed by atoms with Gasteiger partial charge in [0.15, 0.2) is 0 Å². The summed E-state index contributed by atoms with van der Waals surface area (Å²) in [7, 11) is 0. The van der Waals surface area contributed by atoms with E-state index in [9.17, 15) is 5.11 Å². The molecule has 1 heterocycles. The van der Waals surface area contributed by atoms with E-state index >= 15 is 0 Å². The molecule has 0 unspecified atom stereocenters. The van der Waals surface area contributed by atoms with E-state index in [-0.39, 0.29) is 0 Å². The minimum atomic E-state index is -0.783. The summed E-state index contributed by atoms with van der Waals surface area (Å²) < 4.78 is 5.66. The van der Waals surface area contributed by atoms with Gasteiger partial charge in [-0.25, -0.2) is 0 Å². The smallest absolute Gasteiger partial charge is 0.131 e. The molecule has 1 aliphatic heterocycles. The standard InChI is InChI=1S/C12H14N2O2/c1-12(2)11(15)10(14)8-5-7(6-13)3-4-9(8)16-12/h3-5,10-11,15H,14H2,1-2H3/t10-,11+/m0/s1. The molecule has 1 aliphatic rings. The van der Waals surface area contributed by atoms with E-state index < -0.39 is 17.7 Å². The quantitative estimate of drug-likeness (QED) is 0.683. The van der Waals surface area contributed by atoms with Gasteiger partial charge >= 0.3 is 0 Å². The Morgan fingerprint density at radius 1 is 1.50 bits per heavy atom. The van der Waals surface area contributed by atoms with Crippen LogP contribution in [0.5, 0.6) is 5.75 Å². The summed E-state index contributed by atoms with van der Waals surface area (Å²) in [5.74, 6) is 0.641. The first kappa shape index (κ1) is 10.9. The van der Waals surface area contributed by atoms with Gasteiger partial charge in [-0.1, -0.05) is 0 Å². The molecule has 1 aromatic rings. The average Bonchev–Trinajstić information content (AvgIpc) is 2.25. The highest BCUT2D eigenvalue weighted by atomic mass is 16.5. The Balaban J connectivity index is 2.52. The van der Waals surface area contributed by atoms with Crippen LogP contribution in [0.1, 0.15) is 31.0 Å². The fourth-order valence-corrected chi connectivity index (χ4v) is 1.92. The summed E-state index contributed by atoms with van der Waals surface area (Å²) in [6, 6.07) is 6.59. The van der Waals surface area contributed by atoms with Crippen molar-refractivity contribution in [2.45, 2.75) is 31.6 Å². The van der Waals surface area contributed by atoms with Gasteiger partial charge in [-0.2, -0.15) is 5.26 Å². The van der Waals surface area contributed by atoms with Gasteiger partial charge in [0.25, 0.3) is 0 Å². The van der Waals surface area contributed by atoms with Gasteiger partial charge in [-0.05, 0) is 32.0 Å². The van der Waals surface area contributed by atoms with Crippen molar-refractivity contribution < 1.29 is 9.84 Å². The summed E-state index contributed by atoms with van der Waals surface area (Å²) >= 11 is 0. The fourth-order valence-electron chi connectivity index (χ4n) is 1.92. The molecule has 2 atom stereocenters. The molecule has 1 aromatic carbocycles. The van der Waals surface area contributed by atoms with Crippen molar-refractivity contribution in [1.82, 2.24) is 0 Å². The molecule has 4 nitrogen and oxygen atoms in total. The van der Waals surface area contributed by atoms with E-state index in [2.05, 4.69) is 0 Å². The normalized spacial score (nSPS) is 26.4. The maximum Gasteiger partial charge on any atom is 0.131 e. The van der Waals surface area contributed by atoms with Crippen molar-refractivity contribution in [3.05, 3.63) is 29.3 Å². The maximum absolute atomic E-state index is 9.98. The lowest BCUT2D eigenvalue weighted by atomic mass is 9.86. The van der Waals surface area contributed by atoms with Crippen LogP contribution in [0.2, 0.25) is 0 Å². The first-order valence-electron chi connectivity index (χ1n) is 5.12. The molecule has 0 aromatic heterocycles. The second-order valence-electron chi connectivity index (χ2n) is 4.54. The van der Waals surface area contributed by atoms with Gasteiger partial charge in [0.1, 0.15) is 17.5 Å². The number of aliphatic hydroxyl groups is 1. The molecule has 3 N–H and O–H groups in total. The Morgan fingerprint density at radius 2 is 2.19 bits per heavy atom. The Bertz CT molecular complexity index is 463. The number of rotatable bonds is 0. The van der Waals surface area contributed by atoms with E-state index in [1.165, 1.54) is 0 Å². The van der Waals surface area contributed by atoms with Crippen molar-refractivity contribution in [2.24, 2.45) is 5.73 Å². The molecule has 0 saturated heterocycles. The minimum Gasteiger partial charge on any atom is -0.485 e. The van der Waals surface area contributed by atoms with Crippen LogP contribution in [0, 0.1) is 11.3 Å². The van der Waals surface area contributed by atoms with E-state index in [1.807, 2.05) is 6.07 Å². The number of hydrogen-bond donors (Lipinski definition) is 2. The molecule has 16 heavy (non-hydrogen) atoms. The average molecular weight is 218 g/mol. The van der Waals surface area contributed by atoms with Gasteiger partial charge in [0, 0.05) is 5.56 Å². The molecule has 0 bridgehead atoms. The summed E-state index contributed by atoms with van der Waals surface area (Å²) in [6.07, 6.45) is -0.783. The highest BCUT2D eigenvalue weighted by Gasteiger charge is 2.41. The summed E-state index contributed by atoms with van der Waals surface area (Å²) in [5, 5.41) is 18.8. The van der Waals surface area contributed by atoms with Crippen molar-refractivity contribution in [2.75, 3.05) is 0 Å². The third kappa shape index (κ3) is 1.54. The third-order valence-electron chi connectivity index (χ3n) is 2.92. The Kier molecular flexibility index (Phi) is 2.38. The van der Waals surface area contributed by atoms with Crippen molar-refractivity contribution in [3.63, 3.8) is 0 Å². The van der Waals surface area contributed by atoms with E-state index in [4.69, 9.17) is 15.7 Å². The molecule has 0 amide bonds. The van der Waals surface area contributed by atoms with Crippen LogP contribution in [0.15, 0.2) is 18.2 Å². The number of nitrogens with two attached hydrogens (primary N) is 1. The van der Waals surface area contributed by atoms with Crippen LogP contribution in [0.25, 0.3) is 0 Å². The lowest BCUT2D eigenvalue weighted by Gasteiger charge is -2.40. The van der Waals surface area contributed by atoms with Crippen molar-refractivity contribution >= 4 is 0 Å². The monoisotopic (exact) mass is 218 g/mol. The van der Waals surface area contributed by atoms with Crippen LogP contribution in [-0.4, -0.2) is 16.8 Å². The number of aliphatic hydroxyl groups excluding tert-OH is 1. The molecule has 0 spiro atoms. The Labute approximate surface area is 94.3 Å². The lowest BCUT2D eigenvalue weighted by Crippen LogP contribution is -2.51. The molecule has 0 fully saturated rings. The molecule has 2 rings (SSSR count). The molecule has 0 aliphatic carbocycles. The maximum atomic E-state index is 9.98. The van der Waals surface area contributed by atoms with Gasteiger partial charge < -0.3 is 15.6 Å². The van der Waals surface area contributed by atoms with Crippen molar-refractivity contribution in [1.29, 1.82) is 5.26 Å². The van der Waals surface area contributed by atoms with Gasteiger partial charge in [0.05, 0.1) is 17.7 Å². The van der Waals surface area contributed by atoms with Crippen LogP contribution in [-0.2, 0) is 0 Å². The predicted molar refractivity (Wildman–Crippen MR) is 58.8 cm³/mol. The van der Waals surface area contributed by atoms with E-state index in [0.717, 1.165) is 0 Å².